The van der Waals surface area contributed by atoms with E-state index < -0.39 is 0 Å². The summed E-state index contributed by atoms with van der Waals surface area (Å²) in [5, 5.41) is 8.73. The van der Waals surface area contributed by atoms with Crippen LogP contribution in [-0.4, -0.2) is 34.7 Å². The molecule has 3 aromatic heterocycles. The number of carbonyl (C=O) groups excluding carboxylic acids is 1. The van der Waals surface area contributed by atoms with Crippen molar-refractivity contribution in [3.63, 3.8) is 0 Å². The zero-order valence-corrected chi connectivity index (χ0v) is 21.3. The highest BCUT2D eigenvalue weighted by Gasteiger charge is 2.22. The first-order chi connectivity index (χ1) is 18.1. The summed E-state index contributed by atoms with van der Waals surface area (Å²) >= 11 is 1.35. The number of aromatic nitrogens is 3. The van der Waals surface area contributed by atoms with Crippen molar-refractivity contribution in [2.45, 2.75) is 32.3 Å². The summed E-state index contributed by atoms with van der Waals surface area (Å²) in [7, 11) is 3.18. The van der Waals surface area contributed by atoms with Crippen LogP contribution in [0.5, 0.6) is 16.7 Å². The van der Waals surface area contributed by atoms with E-state index in [0.717, 1.165) is 42.3 Å². The minimum absolute atomic E-state index is 0.101. The lowest BCUT2D eigenvalue weighted by molar-refractivity contribution is -0.119. The molecule has 0 bridgehead atoms. The van der Waals surface area contributed by atoms with Gasteiger partial charge in [0.2, 0.25) is 10.9 Å². The van der Waals surface area contributed by atoms with Crippen LogP contribution in [0.4, 0.5) is 5.69 Å². The highest BCUT2D eigenvalue weighted by molar-refractivity contribution is 7.18. The number of hydrogen-bond acceptors (Lipinski definition) is 8. The zero-order chi connectivity index (χ0) is 25.4. The standard InChI is InChI=1S/C27H26N4O5S/c1-33-19-11-22(35-15-16-6-5-9-18(10-16)28-25(32)17-7-3-4-8-17)20-13-24(36-23(20)12-19)21-14-31-26(29-21)37-27(30-31)34-2/h5-6,9-14,17H,3-4,7-8,15H2,1-2H3,(H,28,32). The second kappa shape index (κ2) is 9.78. The summed E-state index contributed by atoms with van der Waals surface area (Å²) in [6.45, 7) is 0.319. The molecule has 0 radical (unpaired) electrons. The Hall–Kier alpha value is -4.05. The van der Waals surface area contributed by atoms with Gasteiger partial charge in [-0.15, -0.1) is 5.10 Å². The molecule has 1 saturated carbocycles. The van der Waals surface area contributed by atoms with Crippen LogP contribution in [0.2, 0.25) is 0 Å². The lowest BCUT2D eigenvalue weighted by Crippen LogP contribution is -2.20. The Labute approximate surface area is 217 Å². The Morgan fingerprint density at radius 1 is 1.16 bits per heavy atom. The molecule has 9 nitrogen and oxygen atoms in total. The number of nitrogens with zero attached hydrogens (tertiary/aromatic N) is 3. The van der Waals surface area contributed by atoms with Crippen LogP contribution in [0.15, 0.2) is 53.1 Å². The first kappa shape index (κ1) is 23.4. The molecule has 1 N–H and O–H groups in total. The van der Waals surface area contributed by atoms with Crippen molar-refractivity contribution < 1.29 is 23.4 Å². The molecule has 0 saturated heterocycles. The van der Waals surface area contributed by atoms with Crippen molar-refractivity contribution >= 4 is 38.9 Å². The van der Waals surface area contributed by atoms with Crippen molar-refractivity contribution in [1.82, 2.24) is 14.6 Å². The fourth-order valence-electron chi connectivity index (χ4n) is 4.66. The molecule has 1 aliphatic rings. The monoisotopic (exact) mass is 518 g/mol. The number of nitrogens with one attached hydrogen (secondary N) is 1. The predicted octanol–water partition coefficient (Wildman–Crippen LogP) is 5.93. The van der Waals surface area contributed by atoms with Crippen LogP contribution in [0.25, 0.3) is 27.4 Å². The van der Waals surface area contributed by atoms with E-state index in [0.29, 0.717) is 45.3 Å². The summed E-state index contributed by atoms with van der Waals surface area (Å²) in [5.74, 6) is 2.07. The molecular formula is C27H26N4O5S. The second-order valence-electron chi connectivity index (χ2n) is 9.03. The molecule has 0 atom stereocenters. The summed E-state index contributed by atoms with van der Waals surface area (Å²) in [6.07, 6.45) is 5.99. The number of amides is 1. The number of furan rings is 1. The van der Waals surface area contributed by atoms with Crippen LogP contribution in [0.1, 0.15) is 31.2 Å². The van der Waals surface area contributed by atoms with E-state index in [1.807, 2.05) is 42.5 Å². The maximum Gasteiger partial charge on any atom is 0.294 e. The minimum Gasteiger partial charge on any atom is -0.496 e. The quantitative estimate of drug-likeness (QED) is 0.272. The van der Waals surface area contributed by atoms with Gasteiger partial charge < -0.3 is 23.9 Å². The topological polar surface area (TPSA) is 100 Å². The van der Waals surface area contributed by atoms with Crippen molar-refractivity contribution in [3.05, 3.63) is 54.2 Å². The third kappa shape index (κ3) is 4.72. The SMILES string of the molecule is COc1cc(OCc2cccc(NC(=O)C3CCCC3)c2)c2cc(-c3cn4nc(OC)sc4n3)oc2c1. The van der Waals surface area contributed by atoms with Crippen molar-refractivity contribution in [2.24, 2.45) is 5.92 Å². The summed E-state index contributed by atoms with van der Waals surface area (Å²) in [5.41, 5.74) is 3.01. The highest BCUT2D eigenvalue weighted by atomic mass is 32.1. The molecule has 0 spiro atoms. The van der Waals surface area contributed by atoms with Gasteiger partial charge >= 0.3 is 0 Å². The maximum absolute atomic E-state index is 12.5. The molecule has 190 valence electrons. The molecule has 1 aliphatic carbocycles. The molecule has 6 rings (SSSR count). The fraction of sp³-hybridized carbons (Fsp3) is 0.296. The zero-order valence-electron chi connectivity index (χ0n) is 20.5. The lowest BCUT2D eigenvalue weighted by Gasteiger charge is -2.12. The van der Waals surface area contributed by atoms with Gasteiger partial charge in [-0.05, 0) is 47.9 Å². The van der Waals surface area contributed by atoms with Crippen LogP contribution >= 0.6 is 11.3 Å². The van der Waals surface area contributed by atoms with E-state index in [2.05, 4.69) is 15.4 Å². The van der Waals surface area contributed by atoms with E-state index in [9.17, 15) is 4.79 Å². The second-order valence-corrected chi connectivity index (χ2v) is 9.95. The predicted molar refractivity (Wildman–Crippen MR) is 141 cm³/mol. The third-order valence-electron chi connectivity index (χ3n) is 6.58. The normalized spacial score (nSPS) is 13.9. The smallest absolute Gasteiger partial charge is 0.294 e. The van der Waals surface area contributed by atoms with Gasteiger partial charge in [-0.2, -0.15) is 0 Å². The number of benzene rings is 2. The minimum atomic E-state index is 0.101. The van der Waals surface area contributed by atoms with E-state index in [-0.39, 0.29) is 11.8 Å². The van der Waals surface area contributed by atoms with Crippen molar-refractivity contribution in [1.29, 1.82) is 0 Å². The van der Waals surface area contributed by atoms with E-state index in [1.54, 1.807) is 24.9 Å². The van der Waals surface area contributed by atoms with Gasteiger partial charge in [0.25, 0.3) is 5.19 Å². The average molecular weight is 519 g/mol. The Morgan fingerprint density at radius 3 is 2.81 bits per heavy atom. The highest BCUT2D eigenvalue weighted by Crippen LogP contribution is 2.37. The largest absolute Gasteiger partial charge is 0.496 e. The van der Waals surface area contributed by atoms with Crippen LogP contribution in [-0.2, 0) is 11.4 Å². The van der Waals surface area contributed by atoms with Gasteiger partial charge in [0, 0.05) is 23.7 Å². The summed E-state index contributed by atoms with van der Waals surface area (Å²) in [6, 6.07) is 13.3. The Bertz CT molecular complexity index is 1550. The van der Waals surface area contributed by atoms with E-state index in [1.165, 1.54) is 11.3 Å². The van der Waals surface area contributed by atoms with E-state index in [4.69, 9.17) is 18.6 Å². The summed E-state index contributed by atoms with van der Waals surface area (Å²) in [4.78, 5) is 17.9. The Kier molecular flexibility index (Phi) is 6.17. The molecule has 0 aliphatic heterocycles. The maximum atomic E-state index is 12.5. The van der Waals surface area contributed by atoms with Gasteiger partial charge in [-0.3, -0.25) is 4.79 Å². The van der Waals surface area contributed by atoms with Crippen molar-refractivity contribution in [2.75, 3.05) is 19.5 Å². The first-order valence-electron chi connectivity index (χ1n) is 12.1. The molecule has 0 unspecified atom stereocenters. The molecule has 1 fully saturated rings. The van der Waals surface area contributed by atoms with Crippen LogP contribution in [0.3, 0.4) is 0 Å². The number of carbonyl (C=O) groups is 1. The molecule has 1 amide bonds. The first-order valence-corrected chi connectivity index (χ1v) is 13.0. The fourth-order valence-corrected chi connectivity index (χ4v) is 5.36. The number of fused-ring (bicyclic) bond motifs is 2. The lowest BCUT2D eigenvalue weighted by atomic mass is 10.1. The number of rotatable bonds is 8. The van der Waals surface area contributed by atoms with Gasteiger partial charge in [0.05, 0.1) is 25.8 Å². The number of anilines is 1. The van der Waals surface area contributed by atoms with Gasteiger partial charge in [-0.25, -0.2) is 9.50 Å². The summed E-state index contributed by atoms with van der Waals surface area (Å²) < 4.78 is 24.7. The number of hydrogen-bond donors (Lipinski definition) is 1. The number of ether oxygens (including phenoxy) is 3. The van der Waals surface area contributed by atoms with Gasteiger partial charge in [0.1, 0.15) is 29.4 Å². The van der Waals surface area contributed by atoms with E-state index >= 15 is 0 Å². The van der Waals surface area contributed by atoms with Gasteiger partial charge in [-0.1, -0.05) is 25.0 Å². The van der Waals surface area contributed by atoms with Crippen LogP contribution in [0, 0.1) is 5.92 Å². The Balaban J connectivity index is 1.23. The molecule has 2 aromatic carbocycles. The number of methoxy groups -OCH3 is 2. The molecular weight excluding hydrogens is 492 g/mol. The molecule has 5 aromatic rings. The average Bonchev–Trinajstić information content (AvgIpc) is 3.70. The number of imidazole rings is 1. The van der Waals surface area contributed by atoms with Crippen LogP contribution < -0.4 is 19.5 Å². The molecule has 10 heteroatoms. The van der Waals surface area contributed by atoms with Crippen molar-refractivity contribution in [3.8, 4) is 28.1 Å². The molecule has 3 heterocycles. The third-order valence-corrected chi connectivity index (χ3v) is 7.46. The molecule has 37 heavy (non-hydrogen) atoms. The van der Waals surface area contributed by atoms with Gasteiger partial charge in [0.15, 0.2) is 5.76 Å². The Morgan fingerprint density at radius 2 is 2.03 bits per heavy atom.